The van der Waals surface area contributed by atoms with E-state index in [0.717, 1.165) is 25.0 Å². The topological polar surface area (TPSA) is 9.23 Å². The first-order chi connectivity index (χ1) is 14.6. The Balaban J connectivity index is 1.66. The van der Waals surface area contributed by atoms with Gasteiger partial charge >= 0.3 is 0 Å². The van der Waals surface area contributed by atoms with Crippen LogP contribution in [0.2, 0.25) is 0 Å². The third kappa shape index (κ3) is 4.57. The first-order valence-corrected chi connectivity index (χ1v) is 10.8. The molecule has 4 aromatic carbocycles. The smallest absolute Gasteiger partial charge is 0.122 e. The summed E-state index contributed by atoms with van der Waals surface area (Å²) in [6.07, 6.45) is 2.94. The molecule has 0 aliphatic carbocycles. The van der Waals surface area contributed by atoms with E-state index < -0.39 is 0 Å². The van der Waals surface area contributed by atoms with Crippen molar-refractivity contribution >= 4 is 10.8 Å². The van der Waals surface area contributed by atoms with Crippen molar-refractivity contribution in [2.24, 2.45) is 5.92 Å². The fourth-order valence-electron chi connectivity index (χ4n) is 4.32. The van der Waals surface area contributed by atoms with Crippen LogP contribution in [-0.4, -0.2) is 7.11 Å². The van der Waals surface area contributed by atoms with Crippen LogP contribution in [-0.2, 0) is 19.3 Å². The first-order valence-electron chi connectivity index (χ1n) is 10.8. The van der Waals surface area contributed by atoms with Gasteiger partial charge in [-0.15, -0.1) is 0 Å². The minimum Gasteiger partial charge on any atom is -0.496 e. The minimum absolute atomic E-state index is 0.656. The van der Waals surface area contributed by atoms with Crippen molar-refractivity contribution in [2.75, 3.05) is 7.11 Å². The molecule has 0 spiro atoms. The van der Waals surface area contributed by atoms with Gasteiger partial charge in [0.05, 0.1) is 7.11 Å². The van der Waals surface area contributed by atoms with Crippen molar-refractivity contribution in [1.82, 2.24) is 0 Å². The SMILES string of the molecule is COc1ccc(Cc2ccccc2CC(C)C)cc1Cc1cccc2ccccc12. The van der Waals surface area contributed by atoms with Gasteiger partial charge in [-0.2, -0.15) is 0 Å². The predicted octanol–water partition coefficient (Wildman–Crippen LogP) is 7.23. The van der Waals surface area contributed by atoms with E-state index in [1.165, 1.54) is 38.6 Å². The van der Waals surface area contributed by atoms with E-state index in [9.17, 15) is 0 Å². The molecular weight excluding hydrogens is 364 g/mol. The van der Waals surface area contributed by atoms with Gasteiger partial charge in [-0.1, -0.05) is 92.7 Å². The van der Waals surface area contributed by atoms with Crippen LogP contribution >= 0.6 is 0 Å². The summed E-state index contributed by atoms with van der Waals surface area (Å²) in [6, 6.07) is 30.7. The Morgan fingerprint density at radius 1 is 0.667 bits per heavy atom. The van der Waals surface area contributed by atoms with Gasteiger partial charge in [-0.25, -0.2) is 0 Å². The molecular formula is C29H30O. The molecule has 0 atom stereocenters. The lowest BCUT2D eigenvalue weighted by molar-refractivity contribution is 0.410. The van der Waals surface area contributed by atoms with Crippen LogP contribution in [0.3, 0.4) is 0 Å². The number of methoxy groups -OCH3 is 1. The molecule has 0 amide bonds. The zero-order chi connectivity index (χ0) is 20.9. The highest BCUT2D eigenvalue weighted by Crippen LogP contribution is 2.28. The van der Waals surface area contributed by atoms with Crippen LogP contribution < -0.4 is 4.74 Å². The third-order valence-electron chi connectivity index (χ3n) is 5.75. The van der Waals surface area contributed by atoms with E-state index in [1.807, 2.05) is 0 Å². The molecule has 4 aromatic rings. The Morgan fingerprint density at radius 3 is 2.17 bits per heavy atom. The summed E-state index contributed by atoms with van der Waals surface area (Å²) in [7, 11) is 1.76. The van der Waals surface area contributed by atoms with Gasteiger partial charge in [-0.3, -0.25) is 0 Å². The number of benzene rings is 4. The van der Waals surface area contributed by atoms with Crippen LogP contribution in [0.15, 0.2) is 84.9 Å². The highest BCUT2D eigenvalue weighted by atomic mass is 16.5. The van der Waals surface area contributed by atoms with E-state index in [2.05, 4.69) is 98.8 Å². The quantitative estimate of drug-likeness (QED) is 0.321. The van der Waals surface area contributed by atoms with Crippen LogP contribution in [0, 0.1) is 5.92 Å². The molecule has 1 nitrogen and oxygen atoms in total. The highest BCUT2D eigenvalue weighted by molar-refractivity contribution is 5.86. The Labute approximate surface area is 180 Å². The highest BCUT2D eigenvalue weighted by Gasteiger charge is 2.10. The maximum absolute atomic E-state index is 5.71. The molecule has 0 aliphatic rings. The fraction of sp³-hybridized carbons (Fsp3) is 0.241. The molecule has 0 N–H and O–H groups in total. The summed E-state index contributed by atoms with van der Waals surface area (Å²) >= 11 is 0. The third-order valence-corrected chi connectivity index (χ3v) is 5.75. The number of ether oxygens (including phenoxy) is 1. The number of hydrogen-bond donors (Lipinski definition) is 0. The lowest BCUT2D eigenvalue weighted by Crippen LogP contribution is -2.01. The summed E-state index contributed by atoms with van der Waals surface area (Å²) in [6.45, 7) is 4.57. The van der Waals surface area contributed by atoms with Gasteiger partial charge < -0.3 is 4.74 Å². The number of rotatable bonds is 7. The van der Waals surface area contributed by atoms with Crippen LogP contribution in [0.5, 0.6) is 5.75 Å². The largest absolute Gasteiger partial charge is 0.496 e. The van der Waals surface area contributed by atoms with E-state index in [-0.39, 0.29) is 0 Å². The van der Waals surface area contributed by atoms with Crippen LogP contribution in [0.4, 0.5) is 0 Å². The normalized spacial score (nSPS) is 11.2. The second kappa shape index (κ2) is 9.17. The standard InChI is InChI=1S/C29H30O/c1-21(2)17-24-10-4-5-11-25(24)18-22-15-16-29(30-3)27(19-22)20-26-13-8-12-23-9-6-7-14-28(23)26/h4-16,19,21H,17-18,20H2,1-3H3. The second-order valence-electron chi connectivity index (χ2n) is 8.50. The van der Waals surface area contributed by atoms with E-state index in [0.29, 0.717) is 5.92 Å². The molecule has 0 unspecified atom stereocenters. The van der Waals surface area contributed by atoms with Crippen molar-refractivity contribution in [3.05, 3.63) is 113 Å². The fourth-order valence-corrected chi connectivity index (χ4v) is 4.32. The molecule has 0 saturated heterocycles. The lowest BCUT2D eigenvalue weighted by atomic mass is 9.92. The van der Waals surface area contributed by atoms with E-state index >= 15 is 0 Å². The van der Waals surface area contributed by atoms with Gasteiger partial charge in [0, 0.05) is 6.42 Å². The molecule has 4 rings (SSSR count). The van der Waals surface area contributed by atoms with E-state index in [4.69, 9.17) is 4.74 Å². The van der Waals surface area contributed by atoms with Gasteiger partial charge in [0.1, 0.15) is 5.75 Å². The number of fused-ring (bicyclic) bond motifs is 1. The van der Waals surface area contributed by atoms with Gasteiger partial charge in [0.2, 0.25) is 0 Å². The molecule has 0 fully saturated rings. The second-order valence-corrected chi connectivity index (χ2v) is 8.50. The molecule has 0 saturated carbocycles. The van der Waals surface area contributed by atoms with Crippen molar-refractivity contribution in [1.29, 1.82) is 0 Å². The first kappa shape index (κ1) is 20.2. The van der Waals surface area contributed by atoms with Crippen LogP contribution in [0.1, 0.15) is 41.7 Å². The Kier molecular flexibility index (Phi) is 6.18. The average Bonchev–Trinajstić information content (AvgIpc) is 2.75. The van der Waals surface area contributed by atoms with Gasteiger partial charge in [-0.05, 0) is 63.4 Å². The zero-order valence-corrected chi connectivity index (χ0v) is 18.2. The van der Waals surface area contributed by atoms with E-state index in [1.54, 1.807) is 7.11 Å². The lowest BCUT2D eigenvalue weighted by Gasteiger charge is -2.15. The maximum atomic E-state index is 5.71. The summed E-state index contributed by atoms with van der Waals surface area (Å²) in [5.74, 6) is 1.62. The molecule has 152 valence electrons. The average molecular weight is 395 g/mol. The van der Waals surface area contributed by atoms with Crippen molar-refractivity contribution in [3.8, 4) is 5.75 Å². The Bertz CT molecular complexity index is 1130. The molecule has 0 aromatic heterocycles. The molecule has 0 heterocycles. The summed E-state index contributed by atoms with van der Waals surface area (Å²) in [5.41, 5.74) is 6.80. The number of hydrogen-bond acceptors (Lipinski definition) is 1. The summed E-state index contributed by atoms with van der Waals surface area (Å²) < 4.78 is 5.71. The van der Waals surface area contributed by atoms with Crippen LogP contribution in [0.25, 0.3) is 10.8 Å². The maximum Gasteiger partial charge on any atom is 0.122 e. The molecule has 0 aliphatic heterocycles. The summed E-state index contributed by atoms with van der Waals surface area (Å²) in [5, 5.41) is 2.60. The molecule has 30 heavy (non-hydrogen) atoms. The molecule has 0 bridgehead atoms. The monoisotopic (exact) mass is 394 g/mol. The molecule has 0 radical (unpaired) electrons. The Morgan fingerprint density at radius 2 is 1.37 bits per heavy atom. The van der Waals surface area contributed by atoms with Gasteiger partial charge in [0.25, 0.3) is 0 Å². The van der Waals surface area contributed by atoms with Crippen molar-refractivity contribution < 1.29 is 4.74 Å². The Hall–Kier alpha value is -3.06. The summed E-state index contributed by atoms with van der Waals surface area (Å²) in [4.78, 5) is 0. The van der Waals surface area contributed by atoms with Crippen molar-refractivity contribution in [3.63, 3.8) is 0 Å². The minimum atomic E-state index is 0.656. The van der Waals surface area contributed by atoms with Crippen molar-refractivity contribution in [2.45, 2.75) is 33.1 Å². The predicted molar refractivity (Wildman–Crippen MR) is 128 cm³/mol. The zero-order valence-electron chi connectivity index (χ0n) is 18.2. The van der Waals surface area contributed by atoms with Gasteiger partial charge in [0.15, 0.2) is 0 Å². The molecule has 1 heteroatoms.